The highest BCUT2D eigenvalue weighted by Gasteiger charge is 2.30. The molecule has 2 amide bonds. The first-order valence-electron chi connectivity index (χ1n) is 11.4. The molecule has 2 heterocycles. The third kappa shape index (κ3) is 6.20. The predicted octanol–water partition coefficient (Wildman–Crippen LogP) is 2.70. The number of carbonyl (C=O) groups is 2. The van der Waals surface area contributed by atoms with Crippen molar-refractivity contribution in [3.05, 3.63) is 29.8 Å². The Hall–Kier alpha value is -2.12. The molecule has 2 aliphatic rings. The van der Waals surface area contributed by atoms with Gasteiger partial charge in [-0.25, -0.2) is 0 Å². The lowest BCUT2D eigenvalue weighted by Gasteiger charge is -2.40. The highest BCUT2D eigenvalue weighted by molar-refractivity contribution is 5.94. The molecule has 0 aliphatic carbocycles. The fourth-order valence-electron chi connectivity index (χ4n) is 4.51. The Morgan fingerprint density at radius 2 is 1.71 bits per heavy atom. The number of morpholine rings is 1. The molecule has 0 spiro atoms. The monoisotopic (exact) mass is 431 g/mol. The van der Waals surface area contributed by atoms with Crippen molar-refractivity contribution in [2.45, 2.75) is 64.6 Å². The van der Waals surface area contributed by atoms with Crippen LogP contribution in [0.25, 0.3) is 0 Å². The summed E-state index contributed by atoms with van der Waals surface area (Å²) in [6, 6.07) is 7.49. The van der Waals surface area contributed by atoms with Crippen molar-refractivity contribution in [2.75, 3.05) is 39.5 Å². The summed E-state index contributed by atoms with van der Waals surface area (Å²) in [5, 5.41) is 3.04. The standard InChI is InChI=1S/C24H37N3O4/c1-18-6-5-7-19(2)27(18)22(28)16-31-21-10-8-20(9-11-21)23(29)25-17-24(3,4)26-12-14-30-15-13-26/h8-11,18-19H,5-7,12-17H2,1-4H3,(H,25,29). The van der Waals surface area contributed by atoms with Crippen molar-refractivity contribution in [1.29, 1.82) is 0 Å². The van der Waals surface area contributed by atoms with E-state index in [0.29, 0.717) is 17.9 Å². The van der Waals surface area contributed by atoms with E-state index in [9.17, 15) is 9.59 Å². The van der Waals surface area contributed by atoms with Gasteiger partial charge in [0.05, 0.1) is 13.2 Å². The van der Waals surface area contributed by atoms with Gasteiger partial charge in [0.15, 0.2) is 6.61 Å². The summed E-state index contributed by atoms with van der Waals surface area (Å²) in [6.07, 6.45) is 3.25. The first-order chi connectivity index (χ1) is 14.8. The van der Waals surface area contributed by atoms with Crippen LogP contribution in [0, 0.1) is 0 Å². The minimum absolute atomic E-state index is 0.0202. The van der Waals surface area contributed by atoms with Crippen LogP contribution in [0.4, 0.5) is 0 Å². The fraction of sp³-hybridized carbons (Fsp3) is 0.667. The molecule has 3 rings (SSSR count). The van der Waals surface area contributed by atoms with E-state index in [2.05, 4.69) is 37.9 Å². The molecule has 172 valence electrons. The smallest absolute Gasteiger partial charge is 0.260 e. The molecule has 2 fully saturated rings. The van der Waals surface area contributed by atoms with Crippen molar-refractivity contribution in [3.8, 4) is 5.75 Å². The van der Waals surface area contributed by atoms with Crippen LogP contribution < -0.4 is 10.1 Å². The predicted molar refractivity (Wildman–Crippen MR) is 120 cm³/mol. The molecule has 2 atom stereocenters. The summed E-state index contributed by atoms with van der Waals surface area (Å²) in [7, 11) is 0. The second kappa shape index (κ2) is 10.5. The fourth-order valence-corrected chi connectivity index (χ4v) is 4.51. The molecule has 7 nitrogen and oxygen atoms in total. The molecule has 7 heteroatoms. The van der Waals surface area contributed by atoms with Gasteiger partial charge in [0.2, 0.25) is 0 Å². The van der Waals surface area contributed by atoms with Gasteiger partial charge in [-0.3, -0.25) is 14.5 Å². The molecular formula is C24H37N3O4. The second-order valence-corrected chi connectivity index (χ2v) is 9.34. The van der Waals surface area contributed by atoms with Crippen molar-refractivity contribution in [3.63, 3.8) is 0 Å². The number of benzene rings is 1. The molecule has 0 bridgehead atoms. The van der Waals surface area contributed by atoms with Gasteiger partial charge >= 0.3 is 0 Å². The minimum Gasteiger partial charge on any atom is -0.484 e. The molecule has 2 aliphatic heterocycles. The number of hydrogen-bond acceptors (Lipinski definition) is 5. The third-order valence-corrected chi connectivity index (χ3v) is 6.51. The van der Waals surface area contributed by atoms with E-state index in [1.807, 2.05) is 4.90 Å². The first-order valence-corrected chi connectivity index (χ1v) is 11.4. The van der Waals surface area contributed by atoms with E-state index in [4.69, 9.17) is 9.47 Å². The number of nitrogens with zero attached hydrogens (tertiary/aromatic N) is 2. The van der Waals surface area contributed by atoms with Crippen LogP contribution in [0.5, 0.6) is 5.75 Å². The zero-order valence-corrected chi connectivity index (χ0v) is 19.4. The lowest BCUT2D eigenvalue weighted by Crippen LogP contribution is -2.55. The number of nitrogens with one attached hydrogen (secondary N) is 1. The Balaban J connectivity index is 1.48. The van der Waals surface area contributed by atoms with Crippen molar-refractivity contribution >= 4 is 11.8 Å². The molecule has 1 N–H and O–H groups in total. The Morgan fingerprint density at radius 3 is 2.32 bits per heavy atom. The van der Waals surface area contributed by atoms with E-state index in [-0.39, 0.29) is 36.0 Å². The van der Waals surface area contributed by atoms with Gasteiger partial charge in [0, 0.05) is 42.8 Å². The summed E-state index contributed by atoms with van der Waals surface area (Å²) in [5.41, 5.74) is 0.445. The Morgan fingerprint density at radius 1 is 1.10 bits per heavy atom. The minimum atomic E-state index is -0.133. The zero-order valence-electron chi connectivity index (χ0n) is 19.4. The van der Waals surface area contributed by atoms with Crippen LogP contribution in [0.1, 0.15) is 57.3 Å². The van der Waals surface area contributed by atoms with E-state index >= 15 is 0 Å². The normalized spacial score (nSPS) is 22.8. The molecule has 2 unspecified atom stereocenters. The Kier molecular flexibility index (Phi) is 7.94. The molecular weight excluding hydrogens is 394 g/mol. The van der Waals surface area contributed by atoms with Gasteiger partial charge < -0.3 is 19.7 Å². The summed E-state index contributed by atoms with van der Waals surface area (Å²) in [4.78, 5) is 29.5. The lowest BCUT2D eigenvalue weighted by atomic mass is 9.97. The Labute approximate surface area is 186 Å². The number of rotatable bonds is 7. The quantitative estimate of drug-likeness (QED) is 0.719. The number of ether oxygens (including phenoxy) is 2. The van der Waals surface area contributed by atoms with Gasteiger partial charge in [-0.05, 0) is 71.2 Å². The number of amides is 2. The second-order valence-electron chi connectivity index (χ2n) is 9.34. The van der Waals surface area contributed by atoms with Crippen LogP contribution in [-0.4, -0.2) is 78.7 Å². The highest BCUT2D eigenvalue weighted by Crippen LogP contribution is 2.23. The van der Waals surface area contributed by atoms with Crippen LogP contribution in [0.15, 0.2) is 24.3 Å². The van der Waals surface area contributed by atoms with E-state index in [1.165, 1.54) is 6.42 Å². The van der Waals surface area contributed by atoms with Crippen molar-refractivity contribution in [2.24, 2.45) is 0 Å². The van der Waals surface area contributed by atoms with Crippen molar-refractivity contribution < 1.29 is 19.1 Å². The molecule has 2 saturated heterocycles. The summed E-state index contributed by atoms with van der Waals surface area (Å²) in [5.74, 6) is 0.502. The summed E-state index contributed by atoms with van der Waals surface area (Å²) < 4.78 is 11.1. The van der Waals surface area contributed by atoms with Gasteiger partial charge in [-0.15, -0.1) is 0 Å². The Bertz CT molecular complexity index is 734. The summed E-state index contributed by atoms with van der Waals surface area (Å²) >= 11 is 0. The van der Waals surface area contributed by atoms with E-state index in [0.717, 1.165) is 39.1 Å². The maximum atomic E-state index is 12.6. The average Bonchev–Trinajstić information content (AvgIpc) is 2.77. The largest absolute Gasteiger partial charge is 0.484 e. The summed E-state index contributed by atoms with van der Waals surface area (Å²) in [6.45, 7) is 12.3. The van der Waals surface area contributed by atoms with Gasteiger partial charge in [0.1, 0.15) is 5.75 Å². The molecule has 0 radical (unpaired) electrons. The third-order valence-electron chi connectivity index (χ3n) is 6.51. The van der Waals surface area contributed by atoms with Crippen molar-refractivity contribution in [1.82, 2.24) is 15.1 Å². The number of carbonyl (C=O) groups excluding carboxylic acids is 2. The van der Waals surface area contributed by atoms with E-state index in [1.54, 1.807) is 24.3 Å². The van der Waals surface area contributed by atoms with Crippen LogP contribution in [0.2, 0.25) is 0 Å². The average molecular weight is 432 g/mol. The first kappa shape index (κ1) is 23.5. The van der Waals surface area contributed by atoms with Gasteiger partial charge in [-0.2, -0.15) is 0 Å². The van der Waals surface area contributed by atoms with Gasteiger partial charge in [-0.1, -0.05) is 0 Å². The SMILES string of the molecule is CC1CCCC(C)N1C(=O)COc1ccc(C(=O)NCC(C)(C)N2CCOCC2)cc1. The van der Waals surface area contributed by atoms with Crippen LogP contribution >= 0.6 is 0 Å². The molecule has 31 heavy (non-hydrogen) atoms. The van der Waals surface area contributed by atoms with E-state index < -0.39 is 0 Å². The number of piperidine rings is 1. The number of likely N-dealkylation sites (tertiary alicyclic amines) is 1. The highest BCUT2D eigenvalue weighted by atomic mass is 16.5. The lowest BCUT2D eigenvalue weighted by molar-refractivity contribution is -0.139. The number of hydrogen-bond donors (Lipinski definition) is 1. The maximum Gasteiger partial charge on any atom is 0.260 e. The molecule has 1 aromatic rings. The topological polar surface area (TPSA) is 71.1 Å². The molecule has 0 aromatic heterocycles. The maximum absolute atomic E-state index is 12.6. The van der Waals surface area contributed by atoms with Crippen LogP contribution in [0.3, 0.4) is 0 Å². The van der Waals surface area contributed by atoms with Gasteiger partial charge in [0.25, 0.3) is 11.8 Å². The van der Waals surface area contributed by atoms with Crippen LogP contribution in [-0.2, 0) is 9.53 Å². The molecule has 0 saturated carbocycles. The zero-order chi connectivity index (χ0) is 22.4. The molecule has 1 aromatic carbocycles.